The number of benzene rings is 1. The molecule has 1 aromatic heterocycles. The Kier molecular flexibility index (Phi) is 4.40. The second-order valence-corrected chi connectivity index (χ2v) is 4.76. The molecular formula is C15H20N4O. The molecule has 0 aliphatic carbocycles. The maximum atomic E-state index is 11.9. The summed E-state index contributed by atoms with van der Waals surface area (Å²) in [5.74, 6) is -0.0351. The smallest absolute Gasteiger partial charge is 0.242 e. The summed E-state index contributed by atoms with van der Waals surface area (Å²) in [6.07, 6.45) is 2.53. The van der Waals surface area contributed by atoms with Gasteiger partial charge in [-0.15, -0.1) is 0 Å². The number of para-hydroxylation sites is 1. The molecule has 1 amide bonds. The van der Waals surface area contributed by atoms with Crippen LogP contribution in [-0.4, -0.2) is 23.5 Å². The molecule has 5 heteroatoms. The number of hydrogen-bond donors (Lipinski definition) is 3. The van der Waals surface area contributed by atoms with Crippen LogP contribution in [0.15, 0.2) is 30.5 Å². The first kappa shape index (κ1) is 14.1. The molecule has 0 bridgehead atoms. The monoisotopic (exact) mass is 272 g/mol. The lowest BCUT2D eigenvalue weighted by Gasteiger charge is -2.18. The summed E-state index contributed by atoms with van der Waals surface area (Å²) in [6, 6.07) is 7.36. The molecule has 2 aromatic rings. The molecule has 0 fully saturated rings. The number of nitrogens with two attached hydrogens (primary N) is 1. The summed E-state index contributed by atoms with van der Waals surface area (Å²) in [5, 5.41) is 6.97. The molecule has 0 aliphatic heterocycles. The molecular weight excluding hydrogens is 252 g/mol. The molecule has 0 saturated heterocycles. The van der Waals surface area contributed by atoms with Crippen molar-refractivity contribution in [3.8, 4) is 0 Å². The van der Waals surface area contributed by atoms with Crippen LogP contribution in [0.2, 0.25) is 0 Å². The van der Waals surface area contributed by atoms with E-state index in [-0.39, 0.29) is 11.9 Å². The zero-order chi connectivity index (χ0) is 14.5. The summed E-state index contributed by atoms with van der Waals surface area (Å²) in [6.45, 7) is 4.52. The number of nitrogens with zero attached hydrogens (tertiary/aromatic N) is 1. The molecule has 4 N–H and O–H groups in total. The first-order chi connectivity index (χ1) is 9.63. The molecule has 5 nitrogen and oxygen atoms in total. The van der Waals surface area contributed by atoms with Crippen molar-refractivity contribution in [2.24, 2.45) is 0 Å². The predicted octanol–water partition coefficient (Wildman–Crippen LogP) is 2.14. The summed E-state index contributed by atoms with van der Waals surface area (Å²) in [5.41, 5.74) is 8.13. The molecule has 106 valence electrons. The Hall–Kier alpha value is -2.30. The third-order valence-electron chi connectivity index (χ3n) is 3.11. The molecule has 20 heavy (non-hydrogen) atoms. The van der Waals surface area contributed by atoms with Crippen LogP contribution >= 0.6 is 0 Å². The zero-order valence-corrected chi connectivity index (χ0v) is 11.8. The number of carbonyl (C=O) groups excluding carboxylic acids is 1. The molecule has 0 aliphatic rings. The summed E-state index contributed by atoms with van der Waals surface area (Å²) in [7, 11) is 0. The Morgan fingerprint density at radius 3 is 2.90 bits per heavy atom. The van der Waals surface area contributed by atoms with Crippen LogP contribution in [0.4, 0.5) is 11.4 Å². The number of nitrogen functional groups attached to an aromatic ring is 1. The van der Waals surface area contributed by atoms with Gasteiger partial charge in [0.05, 0.1) is 23.1 Å². The number of hydrogen-bond acceptors (Lipinski definition) is 4. The highest BCUT2D eigenvalue weighted by Gasteiger charge is 2.15. The number of amides is 1. The average molecular weight is 272 g/mol. The van der Waals surface area contributed by atoms with E-state index in [2.05, 4.69) is 15.6 Å². The average Bonchev–Trinajstić information content (AvgIpc) is 2.47. The van der Waals surface area contributed by atoms with Crippen LogP contribution < -0.4 is 16.4 Å². The Morgan fingerprint density at radius 1 is 1.40 bits per heavy atom. The number of aromatic nitrogens is 1. The van der Waals surface area contributed by atoms with Crippen LogP contribution in [0.1, 0.15) is 20.3 Å². The maximum absolute atomic E-state index is 11.9. The fourth-order valence-electron chi connectivity index (χ4n) is 2.00. The van der Waals surface area contributed by atoms with Gasteiger partial charge < -0.3 is 16.4 Å². The molecule has 0 radical (unpaired) electrons. The summed E-state index contributed by atoms with van der Waals surface area (Å²) >= 11 is 0. The number of carbonyl (C=O) groups is 1. The Bertz CT molecular complexity index is 612. The minimum absolute atomic E-state index is 0.0351. The Balaban J connectivity index is 2.24. The van der Waals surface area contributed by atoms with Crippen LogP contribution in [0.5, 0.6) is 0 Å². The third-order valence-corrected chi connectivity index (χ3v) is 3.11. The van der Waals surface area contributed by atoms with Crippen molar-refractivity contribution in [2.45, 2.75) is 26.3 Å². The fraction of sp³-hybridized carbons (Fsp3) is 0.333. The topological polar surface area (TPSA) is 80.0 Å². The van der Waals surface area contributed by atoms with Crippen LogP contribution in [0, 0.1) is 0 Å². The van der Waals surface area contributed by atoms with E-state index in [1.54, 1.807) is 6.20 Å². The molecule has 0 saturated carbocycles. The van der Waals surface area contributed by atoms with E-state index >= 15 is 0 Å². The fourth-order valence-corrected chi connectivity index (χ4v) is 2.00. The van der Waals surface area contributed by atoms with Crippen LogP contribution in [0.3, 0.4) is 0 Å². The lowest BCUT2D eigenvalue weighted by atomic mass is 10.1. The van der Waals surface area contributed by atoms with Gasteiger partial charge in [-0.2, -0.15) is 0 Å². The van der Waals surface area contributed by atoms with Gasteiger partial charge in [-0.3, -0.25) is 9.78 Å². The van der Waals surface area contributed by atoms with E-state index in [0.717, 1.165) is 23.0 Å². The molecule has 1 atom stereocenters. The van der Waals surface area contributed by atoms with E-state index in [1.807, 2.05) is 38.1 Å². The van der Waals surface area contributed by atoms with Gasteiger partial charge in [0.25, 0.3) is 0 Å². The van der Waals surface area contributed by atoms with Gasteiger partial charge in [-0.05, 0) is 19.4 Å². The van der Waals surface area contributed by atoms with Crippen LogP contribution in [-0.2, 0) is 4.79 Å². The van der Waals surface area contributed by atoms with Gasteiger partial charge in [-0.1, -0.05) is 25.1 Å². The van der Waals surface area contributed by atoms with Gasteiger partial charge >= 0.3 is 0 Å². The van der Waals surface area contributed by atoms with Gasteiger partial charge in [-0.25, -0.2) is 0 Å². The molecule has 1 heterocycles. The van der Waals surface area contributed by atoms with E-state index < -0.39 is 0 Å². The van der Waals surface area contributed by atoms with E-state index in [4.69, 9.17) is 5.73 Å². The largest absolute Gasteiger partial charge is 0.396 e. The van der Waals surface area contributed by atoms with Crippen molar-refractivity contribution in [3.05, 3.63) is 30.5 Å². The minimum atomic E-state index is -0.352. The Morgan fingerprint density at radius 2 is 2.15 bits per heavy atom. The highest BCUT2D eigenvalue weighted by molar-refractivity contribution is 5.98. The SMILES string of the molecule is CCCNC(=O)C(C)Nc1c(N)cnc2ccccc12. The second kappa shape index (κ2) is 6.23. The van der Waals surface area contributed by atoms with Gasteiger partial charge in [0.15, 0.2) is 0 Å². The van der Waals surface area contributed by atoms with Crippen LogP contribution in [0.25, 0.3) is 10.9 Å². The van der Waals surface area contributed by atoms with Crippen molar-refractivity contribution < 1.29 is 4.79 Å². The van der Waals surface area contributed by atoms with Crippen molar-refractivity contribution in [1.82, 2.24) is 10.3 Å². The zero-order valence-electron chi connectivity index (χ0n) is 11.8. The van der Waals surface area contributed by atoms with Crippen molar-refractivity contribution >= 4 is 28.2 Å². The standard InChI is InChI=1S/C15H20N4O/c1-3-8-17-15(20)10(2)19-14-11-6-4-5-7-13(11)18-9-12(14)16/h4-7,9-10H,3,8,16H2,1-2H3,(H,17,20)(H,18,19). The summed E-state index contributed by atoms with van der Waals surface area (Å²) in [4.78, 5) is 16.2. The predicted molar refractivity (Wildman–Crippen MR) is 82.5 cm³/mol. The molecule has 0 spiro atoms. The van der Waals surface area contributed by atoms with Gasteiger partial charge in [0, 0.05) is 11.9 Å². The number of anilines is 2. The number of nitrogens with one attached hydrogen (secondary N) is 2. The number of pyridine rings is 1. The number of rotatable bonds is 5. The second-order valence-electron chi connectivity index (χ2n) is 4.76. The first-order valence-corrected chi connectivity index (χ1v) is 6.81. The first-order valence-electron chi connectivity index (χ1n) is 6.81. The summed E-state index contributed by atoms with van der Waals surface area (Å²) < 4.78 is 0. The lowest BCUT2D eigenvalue weighted by molar-refractivity contribution is -0.121. The minimum Gasteiger partial charge on any atom is -0.396 e. The van der Waals surface area contributed by atoms with E-state index in [1.165, 1.54) is 0 Å². The quantitative estimate of drug-likeness (QED) is 0.779. The maximum Gasteiger partial charge on any atom is 0.242 e. The van der Waals surface area contributed by atoms with Gasteiger partial charge in [0.2, 0.25) is 5.91 Å². The molecule has 1 unspecified atom stereocenters. The molecule has 2 rings (SSSR count). The van der Waals surface area contributed by atoms with Crippen molar-refractivity contribution in [1.29, 1.82) is 0 Å². The van der Waals surface area contributed by atoms with Crippen molar-refractivity contribution in [2.75, 3.05) is 17.6 Å². The van der Waals surface area contributed by atoms with Gasteiger partial charge in [0.1, 0.15) is 6.04 Å². The lowest BCUT2D eigenvalue weighted by Crippen LogP contribution is -2.38. The third kappa shape index (κ3) is 2.99. The van der Waals surface area contributed by atoms with E-state index in [0.29, 0.717) is 12.2 Å². The normalized spacial score (nSPS) is 12.1. The highest BCUT2D eigenvalue weighted by atomic mass is 16.2. The van der Waals surface area contributed by atoms with E-state index in [9.17, 15) is 4.79 Å². The Labute approximate surface area is 118 Å². The molecule has 1 aromatic carbocycles. The number of fused-ring (bicyclic) bond motifs is 1. The highest BCUT2D eigenvalue weighted by Crippen LogP contribution is 2.28. The van der Waals surface area contributed by atoms with Crippen molar-refractivity contribution in [3.63, 3.8) is 0 Å².